The van der Waals surface area contributed by atoms with E-state index in [0.717, 1.165) is 31.4 Å². The topological polar surface area (TPSA) is 27.8 Å². The van der Waals surface area contributed by atoms with Crippen molar-refractivity contribution in [3.8, 4) is 0 Å². The van der Waals surface area contributed by atoms with Gasteiger partial charge < -0.3 is 10.3 Å². The molecule has 0 fully saturated rings. The molecule has 1 aliphatic rings. The van der Waals surface area contributed by atoms with Gasteiger partial charge in [0.2, 0.25) is 0 Å². The molecule has 0 saturated heterocycles. The zero-order valence-electron chi connectivity index (χ0n) is 13.6. The normalized spacial score (nSPS) is 17.9. The minimum Gasteiger partial charge on any atom is -0.361 e. The molecule has 1 atom stereocenters. The highest BCUT2D eigenvalue weighted by molar-refractivity contribution is 5.82. The summed E-state index contributed by atoms with van der Waals surface area (Å²) < 4.78 is 13.1. The third-order valence-electron chi connectivity index (χ3n) is 4.88. The van der Waals surface area contributed by atoms with E-state index in [-0.39, 0.29) is 5.82 Å². The lowest BCUT2D eigenvalue weighted by atomic mass is 9.91. The zero-order chi connectivity index (χ0) is 16.4. The maximum atomic E-state index is 13.1. The molecule has 2 nitrogen and oxygen atoms in total. The molecule has 24 heavy (non-hydrogen) atoms. The Morgan fingerprint density at radius 3 is 2.79 bits per heavy atom. The van der Waals surface area contributed by atoms with Gasteiger partial charge in [-0.05, 0) is 60.2 Å². The minimum atomic E-state index is -0.176. The molecule has 2 N–H and O–H groups in total. The number of aromatic amines is 1. The van der Waals surface area contributed by atoms with Crippen LogP contribution in [0.3, 0.4) is 0 Å². The zero-order valence-corrected chi connectivity index (χ0v) is 13.6. The van der Waals surface area contributed by atoms with E-state index in [1.807, 2.05) is 18.3 Å². The van der Waals surface area contributed by atoms with Crippen LogP contribution in [-0.4, -0.2) is 17.6 Å². The third kappa shape index (κ3) is 3.13. The smallest absolute Gasteiger partial charge is 0.123 e. The summed E-state index contributed by atoms with van der Waals surface area (Å²) in [6, 6.07) is 15.9. The van der Waals surface area contributed by atoms with Crippen LogP contribution in [0.4, 0.5) is 4.39 Å². The van der Waals surface area contributed by atoms with E-state index < -0.39 is 0 Å². The molecule has 1 aliphatic heterocycles. The molecule has 0 bridgehead atoms. The molecule has 2 aromatic carbocycles. The predicted molar refractivity (Wildman–Crippen MR) is 97.4 cm³/mol. The molecule has 0 spiro atoms. The molecule has 3 heteroatoms. The molecule has 1 unspecified atom stereocenters. The van der Waals surface area contributed by atoms with Crippen LogP contribution in [0.2, 0.25) is 0 Å². The molecule has 0 saturated carbocycles. The lowest BCUT2D eigenvalue weighted by Crippen LogP contribution is -2.33. The third-order valence-corrected chi connectivity index (χ3v) is 4.88. The highest BCUT2D eigenvalue weighted by atomic mass is 19.1. The highest BCUT2D eigenvalue weighted by Crippen LogP contribution is 2.26. The highest BCUT2D eigenvalue weighted by Gasteiger charge is 2.16. The van der Waals surface area contributed by atoms with Crippen LogP contribution < -0.4 is 5.32 Å². The summed E-state index contributed by atoms with van der Waals surface area (Å²) >= 11 is 0. The average molecular weight is 320 g/mol. The maximum absolute atomic E-state index is 13.1. The monoisotopic (exact) mass is 320 g/mol. The number of nitrogens with one attached hydrogen (secondary N) is 2. The first-order valence-electron chi connectivity index (χ1n) is 8.53. The van der Waals surface area contributed by atoms with Gasteiger partial charge in [0.25, 0.3) is 0 Å². The van der Waals surface area contributed by atoms with Crippen molar-refractivity contribution in [2.45, 2.75) is 25.3 Å². The van der Waals surface area contributed by atoms with Crippen LogP contribution in [0.1, 0.15) is 24.0 Å². The number of benzene rings is 2. The number of fused-ring (bicyclic) bond motifs is 1. The van der Waals surface area contributed by atoms with Crippen LogP contribution >= 0.6 is 0 Å². The van der Waals surface area contributed by atoms with Gasteiger partial charge in [-0.15, -0.1) is 0 Å². The molecular weight excluding hydrogens is 299 g/mol. The van der Waals surface area contributed by atoms with Crippen LogP contribution in [0.15, 0.2) is 60.8 Å². The van der Waals surface area contributed by atoms with Gasteiger partial charge in [-0.3, -0.25) is 0 Å². The van der Waals surface area contributed by atoms with Crippen LogP contribution in [-0.2, 0) is 6.42 Å². The van der Waals surface area contributed by atoms with Crippen molar-refractivity contribution in [3.63, 3.8) is 0 Å². The number of aromatic nitrogens is 1. The summed E-state index contributed by atoms with van der Waals surface area (Å²) in [6.45, 7) is 0.881. The molecule has 122 valence electrons. The summed E-state index contributed by atoms with van der Waals surface area (Å²) in [5.74, 6) is -0.176. The van der Waals surface area contributed by atoms with Crippen molar-refractivity contribution in [2.24, 2.45) is 0 Å². The Kier molecular flexibility index (Phi) is 4.18. The fourth-order valence-electron chi connectivity index (χ4n) is 3.57. The van der Waals surface area contributed by atoms with E-state index in [2.05, 4.69) is 40.6 Å². The molecule has 4 rings (SSSR count). The summed E-state index contributed by atoms with van der Waals surface area (Å²) in [7, 11) is 0. The molecule has 1 aromatic heterocycles. The van der Waals surface area contributed by atoms with Crippen molar-refractivity contribution >= 4 is 16.5 Å². The van der Waals surface area contributed by atoms with Gasteiger partial charge >= 0.3 is 0 Å². The van der Waals surface area contributed by atoms with Gasteiger partial charge in [-0.1, -0.05) is 30.3 Å². The number of hydrogen-bond donors (Lipinski definition) is 2. The van der Waals surface area contributed by atoms with Crippen molar-refractivity contribution in [2.75, 3.05) is 6.54 Å². The molecule has 2 heterocycles. The predicted octanol–water partition coefficient (Wildman–Crippen LogP) is 4.69. The second-order valence-electron chi connectivity index (χ2n) is 6.44. The first-order chi connectivity index (χ1) is 11.8. The molecule has 0 amide bonds. The second kappa shape index (κ2) is 6.62. The lowest BCUT2D eigenvalue weighted by Gasteiger charge is -2.25. The van der Waals surface area contributed by atoms with Gasteiger partial charge in [0.15, 0.2) is 0 Å². The first kappa shape index (κ1) is 15.2. The lowest BCUT2D eigenvalue weighted by molar-refractivity contribution is 0.502. The fraction of sp³-hybridized carbons (Fsp3) is 0.238. The molecular formula is C21H21FN2. The quantitative estimate of drug-likeness (QED) is 0.717. The maximum Gasteiger partial charge on any atom is 0.123 e. The largest absolute Gasteiger partial charge is 0.361 e. The number of halogens is 1. The average Bonchev–Trinajstić information content (AvgIpc) is 3.10. The Balaban J connectivity index is 1.43. The van der Waals surface area contributed by atoms with Crippen molar-refractivity contribution in [1.29, 1.82) is 0 Å². The van der Waals surface area contributed by atoms with E-state index in [1.54, 1.807) is 12.1 Å². The van der Waals surface area contributed by atoms with Crippen molar-refractivity contribution in [3.05, 3.63) is 77.7 Å². The Bertz CT molecular complexity index is 861. The number of hydrogen-bond acceptors (Lipinski definition) is 1. The summed E-state index contributed by atoms with van der Waals surface area (Å²) in [6.07, 6.45) is 7.38. The van der Waals surface area contributed by atoms with E-state index in [9.17, 15) is 4.39 Å². The Morgan fingerprint density at radius 2 is 1.92 bits per heavy atom. The van der Waals surface area contributed by atoms with Gasteiger partial charge in [-0.2, -0.15) is 0 Å². The summed E-state index contributed by atoms with van der Waals surface area (Å²) in [4.78, 5) is 3.28. The number of rotatable bonds is 4. The van der Waals surface area contributed by atoms with Gasteiger partial charge in [0.05, 0.1) is 0 Å². The summed E-state index contributed by atoms with van der Waals surface area (Å²) in [5.41, 5.74) is 5.05. The Hall–Kier alpha value is -2.39. The Labute approximate surface area is 141 Å². The van der Waals surface area contributed by atoms with E-state index in [1.165, 1.54) is 22.0 Å². The fourth-order valence-corrected chi connectivity index (χ4v) is 3.57. The van der Waals surface area contributed by atoms with Gasteiger partial charge in [-0.25, -0.2) is 4.39 Å². The van der Waals surface area contributed by atoms with Gasteiger partial charge in [0, 0.05) is 29.7 Å². The molecule has 0 radical (unpaired) electrons. The van der Waals surface area contributed by atoms with E-state index in [4.69, 9.17) is 0 Å². The standard InChI is InChI=1S/C21H21FN2/c22-18-7-4-15(5-8-18)17-10-12-23-19(14-17)9-6-16-2-1-3-21-20(16)11-13-24-21/h1-5,7-8,10-11,13,19,23-24H,6,9,12,14H2. The number of H-pyrrole nitrogens is 1. The van der Waals surface area contributed by atoms with Crippen LogP contribution in [0.25, 0.3) is 16.5 Å². The van der Waals surface area contributed by atoms with Gasteiger partial charge in [0.1, 0.15) is 5.82 Å². The Morgan fingerprint density at radius 1 is 1.04 bits per heavy atom. The second-order valence-corrected chi connectivity index (χ2v) is 6.44. The van der Waals surface area contributed by atoms with E-state index >= 15 is 0 Å². The SMILES string of the molecule is Fc1ccc(C2=CCNC(CCc3cccc4[nH]ccc34)C2)cc1. The summed E-state index contributed by atoms with van der Waals surface area (Å²) in [5, 5.41) is 4.91. The molecule has 0 aliphatic carbocycles. The van der Waals surface area contributed by atoms with E-state index in [0.29, 0.717) is 6.04 Å². The first-order valence-corrected chi connectivity index (χ1v) is 8.53. The number of aryl methyl sites for hydroxylation is 1. The van der Waals surface area contributed by atoms with Crippen molar-refractivity contribution < 1.29 is 4.39 Å². The molecule has 3 aromatic rings. The van der Waals surface area contributed by atoms with Crippen LogP contribution in [0, 0.1) is 5.82 Å². The minimum absolute atomic E-state index is 0.176. The van der Waals surface area contributed by atoms with Crippen molar-refractivity contribution in [1.82, 2.24) is 10.3 Å². The van der Waals surface area contributed by atoms with Crippen LogP contribution in [0.5, 0.6) is 0 Å².